The summed E-state index contributed by atoms with van der Waals surface area (Å²) in [5, 5.41) is 12.0. The highest BCUT2D eigenvalue weighted by Gasteiger charge is 2.22. The zero-order valence-corrected chi connectivity index (χ0v) is 15.0. The van der Waals surface area contributed by atoms with Crippen molar-refractivity contribution < 1.29 is 9.53 Å². The number of para-hydroxylation sites is 2. The molecule has 8 nitrogen and oxygen atoms in total. The van der Waals surface area contributed by atoms with Gasteiger partial charge in [-0.1, -0.05) is 23.5 Å². The number of rotatable bonds is 4. The third kappa shape index (κ3) is 3.23. The molecule has 1 saturated heterocycles. The maximum atomic E-state index is 12.4. The van der Waals surface area contributed by atoms with E-state index in [0.717, 1.165) is 24.5 Å². The third-order valence-electron chi connectivity index (χ3n) is 4.21. The van der Waals surface area contributed by atoms with Crippen LogP contribution in [0.1, 0.15) is 29.6 Å². The van der Waals surface area contributed by atoms with E-state index in [1.54, 1.807) is 13.0 Å². The molecule has 0 unspecified atom stereocenters. The van der Waals surface area contributed by atoms with Gasteiger partial charge in [0, 0.05) is 6.61 Å². The molecule has 1 aliphatic heterocycles. The molecule has 26 heavy (non-hydrogen) atoms. The van der Waals surface area contributed by atoms with E-state index < -0.39 is 0 Å². The summed E-state index contributed by atoms with van der Waals surface area (Å²) in [6, 6.07) is 7.25. The Bertz CT molecular complexity index is 1020. The topological polar surface area (TPSA) is 99.0 Å². The highest BCUT2D eigenvalue weighted by atomic mass is 32.1. The van der Waals surface area contributed by atoms with E-state index in [2.05, 4.69) is 20.5 Å². The Kier molecular flexibility index (Phi) is 4.48. The number of aryl methyl sites for hydroxylation is 1. The summed E-state index contributed by atoms with van der Waals surface area (Å²) in [5.74, 6) is -0.335. The quantitative estimate of drug-likeness (QED) is 0.753. The molecule has 1 aliphatic rings. The highest BCUT2D eigenvalue weighted by molar-refractivity contribution is 7.15. The minimum atomic E-state index is -0.335. The Hall–Kier alpha value is -2.65. The number of nitrogens with one attached hydrogen (secondary N) is 1. The number of carbonyl (C=O) groups is 1. The van der Waals surface area contributed by atoms with E-state index in [1.807, 2.05) is 18.2 Å². The Morgan fingerprint density at radius 2 is 2.23 bits per heavy atom. The van der Waals surface area contributed by atoms with Gasteiger partial charge in [0.15, 0.2) is 0 Å². The number of hydrogen-bond donors (Lipinski definition) is 1. The van der Waals surface area contributed by atoms with Crippen LogP contribution in [0.5, 0.6) is 0 Å². The number of ether oxygens (including phenoxy) is 1. The molecule has 1 aromatic carbocycles. The van der Waals surface area contributed by atoms with Crippen molar-refractivity contribution >= 4 is 33.4 Å². The van der Waals surface area contributed by atoms with Crippen molar-refractivity contribution in [3.8, 4) is 0 Å². The summed E-state index contributed by atoms with van der Waals surface area (Å²) in [6.45, 7) is 2.25. The van der Waals surface area contributed by atoms with Crippen LogP contribution >= 0.6 is 11.3 Å². The fourth-order valence-electron chi connectivity index (χ4n) is 2.97. The lowest BCUT2D eigenvalue weighted by Gasteiger charge is -2.10. The van der Waals surface area contributed by atoms with Crippen LogP contribution in [0.25, 0.3) is 11.0 Å². The highest BCUT2D eigenvalue weighted by Crippen LogP contribution is 2.31. The van der Waals surface area contributed by atoms with E-state index in [1.165, 1.54) is 15.9 Å². The molecule has 0 aliphatic carbocycles. The van der Waals surface area contributed by atoms with Gasteiger partial charge < -0.3 is 4.74 Å². The first-order valence-corrected chi connectivity index (χ1v) is 9.14. The van der Waals surface area contributed by atoms with Gasteiger partial charge in [-0.2, -0.15) is 0 Å². The van der Waals surface area contributed by atoms with E-state index in [0.29, 0.717) is 21.9 Å². The van der Waals surface area contributed by atoms with Crippen LogP contribution in [0.2, 0.25) is 0 Å². The largest absolute Gasteiger partial charge is 0.371 e. The molecule has 2 aromatic heterocycles. The number of amides is 1. The minimum absolute atomic E-state index is 0.0347. The molecular formula is C17H17N5O3S. The van der Waals surface area contributed by atoms with Gasteiger partial charge in [-0.15, -0.1) is 10.2 Å². The Morgan fingerprint density at radius 1 is 1.38 bits per heavy atom. The lowest BCUT2D eigenvalue weighted by molar-refractivity contribution is -0.116. The van der Waals surface area contributed by atoms with Crippen molar-refractivity contribution in [2.24, 2.45) is 0 Å². The fraction of sp³-hybridized carbons (Fsp3) is 0.353. The Morgan fingerprint density at radius 3 is 3.04 bits per heavy atom. The van der Waals surface area contributed by atoms with Gasteiger partial charge >= 0.3 is 0 Å². The van der Waals surface area contributed by atoms with Crippen LogP contribution in [0.4, 0.5) is 5.13 Å². The summed E-state index contributed by atoms with van der Waals surface area (Å²) in [6.07, 6.45) is 1.89. The van der Waals surface area contributed by atoms with Crippen molar-refractivity contribution in [2.75, 3.05) is 11.9 Å². The average molecular weight is 371 g/mol. The van der Waals surface area contributed by atoms with Crippen LogP contribution in [-0.4, -0.2) is 32.3 Å². The summed E-state index contributed by atoms with van der Waals surface area (Å²) in [5.41, 5.74) is 1.37. The molecular weight excluding hydrogens is 354 g/mol. The molecule has 0 radical (unpaired) electrons. The average Bonchev–Trinajstić information content (AvgIpc) is 3.30. The first kappa shape index (κ1) is 16.8. The summed E-state index contributed by atoms with van der Waals surface area (Å²) >= 11 is 1.30. The molecule has 1 fully saturated rings. The Balaban J connectivity index is 1.54. The second kappa shape index (κ2) is 6.93. The summed E-state index contributed by atoms with van der Waals surface area (Å²) in [7, 11) is 0. The number of carbonyl (C=O) groups excluding carboxylic acids is 1. The maximum Gasteiger partial charge on any atom is 0.272 e. The smallest absolute Gasteiger partial charge is 0.272 e. The van der Waals surface area contributed by atoms with Crippen LogP contribution in [0.3, 0.4) is 0 Å². The molecule has 1 N–H and O–H groups in total. The SMILES string of the molecule is Cc1nc2ccccc2n(CC(=O)Nc2nnc([C@H]3CCCO3)s2)c1=O. The predicted molar refractivity (Wildman–Crippen MR) is 97.2 cm³/mol. The number of nitrogens with zero attached hydrogens (tertiary/aromatic N) is 4. The van der Waals surface area contributed by atoms with E-state index in [9.17, 15) is 9.59 Å². The van der Waals surface area contributed by atoms with Gasteiger partial charge in [0.1, 0.15) is 23.4 Å². The molecule has 0 bridgehead atoms. The standard InChI is InChI=1S/C17H17N5O3S/c1-10-16(24)22(12-6-3-2-5-11(12)18-10)9-14(23)19-17-21-20-15(26-17)13-7-4-8-25-13/h2-3,5-6,13H,4,7-9H2,1H3,(H,19,21,23)/t13-/m1/s1. The molecule has 9 heteroatoms. The number of anilines is 1. The van der Waals surface area contributed by atoms with Crippen LogP contribution < -0.4 is 10.9 Å². The van der Waals surface area contributed by atoms with Crippen LogP contribution in [-0.2, 0) is 16.1 Å². The summed E-state index contributed by atoms with van der Waals surface area (Å²) < 4.78 is 7.00. The van der Waals surface area contributed by atoms with Gasteiger partial charge in [0.25, 0.3) is 5.56 Å². The lowest BCUT2D eigenvalue weighted by atomic mass is 10.2. The Labute approximate surface area is 152 Å². The van der Waals surface area contributed by atoms with Gasteiger partial charge in [0.05, 0.1) is 11.0 Å². The zero-order valence-electron chi connectivity index (χ0n) is 14.1. The van der Waals surface area contributed by atoms with E-state index >= 15 is 0 Å². The molecule has 4 rings (SSSR count). The van der Waals surface area contributed by atoms with Crippen molar-refractivity contribution in [1.82, 2.24) is 19.7 Å². The lowest BCUT2D eigenvalue weighted by Crippen LogP contribution is -2.30. The zero-order chi connectivity index (χ0) is 18.1. The number of fused-ring (bicyclic) bond motifs is 1. The number of aromatic nitrogens is 4. The van der Waals surface area contributed by atoms with Gasteiger partial charge in [-0.3, -0.25) is 19.5 Å². The molecule has 1 amide bonds. The molecule has 0 saturated carbocycles. The van der Waals surface area contributed by atoms with Gasteiger partial charge in [-0.25, -0.2) is 4.98 Å². The van der Waals surface area contributed by atoms with Crippen LogP contribution in [0, 0.1) is 6.92 Å². The first-order valence-electron chi connectivity index (χ1n) is 8.33. The second-order valence-corrected chi connectivity index (χ2v) is 7.08. The van der Waals surface area contributed by atoms with Crippen molar-refractivity contribution in [3.05, 3.63) is 45.3 Å². The second-order valence-electron chi connectivity index (χ2n) is 6.07. The third-order valence-corrected chi connectivity index (χ3v) is 5.14. The van der Waals surface area contributed by atoms with Crippen LogP contribution in [0.15, 0.2) is 29.1 Å². The van der Waals surface area contributed by atoms with Crippen molar-refractivity contribution in [1.29, 1.82) is 0 Å². The maximum absolute atomic E-state index is 12.4. The van der Waals surface area contributed by atoms with Crippen molar-refractivity contribution in [3.63, 3.8) is 0 Å². The fourth-order valence-corrected chi connectivity index (χ4v) is 3.81. The van der Waals surface area contributed by atoms with Gasteiger partial charge in [-0.05, 0) is 31.9 Å². The normalized spacial score (nSPS) is 16.9. The molecule has 3 aromatic rings. The number of hydrogen-bond acceptors (Lipinski definition) is 7. The summed E-state index contributed by atoms with van der Waals surface area (Å²) in [4.78, 5) is 29.1. The monoisotopic (exact) mass is 371 g/mol. The molecule has 134 valence electrons. The first-order chi connectivity index (χ1) is 12.6. The molecule has 0 spiro atoms. The predicted octanol–water partition coefficient (Wildman–Crippen LogP) is 2.05. The van der Waals surface area contributed by atoms with Gasteiger partial charge in [0.2, 0.25) is 11.0 Å². The van der Waals surface area contributed by atoms with Crippen molar-refractivity contribution in [2.45, 2.75) is 32.4 Å². The molecule has 1 atom stereocenters. The van der Waals surface area contributed by atoms with E-state index in [-0.39, 0.29) is 24.1 Å². The van der Waals surface area contributed by atoms with E-state index in [4.69, 9.17) is 4.74 Å². The minimum Gasteiger partial charge on any atom is -0.371 e. The number of benzene rings is 1. The molecule has 3 heterocycles.